The van der Waals surface area contributed by atoms with Gasteiger partial charge in [-0.15, -0.1) is 0 Å². The van der Waals surface area contributed by atoms with Gasteiger partial charge in [0, 0.05) is 23.2 Å². The summed E-state index contributed by atoms with van der Waals surface area (Å²) < 4.78 is 6.18. The predicted molar refractivity (Wildman–Crippen MR) is 113 cm³/mol. The summed E-state index contributed by atoms with van der Waals surface area (Å²) in [6.07, 6.45) is 1.50. The Kier molecular flexibility index (Phi) is 5.46. The van der Waals surface area contributed by atoms with E-state index < -0.39 is 17.8 Å². The zero-order chi connectivity index (χ0) is 20.4. The SMILES string of the molecule is O=C1NC(=O)N(c2ccc(Br)cc2)C(=O)/C1=C/c1ccc(N2CCOCC2)cc1. The second-order valence-electron chi connectivity index (χ2n) is 6.63. The zero-order valence-corrected chi connectivity index (χ0v) is 17.0. The zero-order valence-electron chi connectivity index (χ0n) is 15.4. The highest BCUT2D eigenvalue weighted by atomic mass is 79.9. The largest absolute Gasteiger partial charge is 0.378 e. The van der Waals surface area contributed by atoms with Gasteiger partial charge in [-0.3, -0.25) is 14.9 Å². The van der Waals surface area contributed by atoms with Gasteiger partial charge in [-0.25, -0.2) is 9.69 Å². The summed E-state index contributed by atoms with van der Waals surface area (Å²) in [7, 11) is 0. The molecule has 0 radical (unpaired) electrons. The van der Waals surface area contributed by atoms with Gasteiger partial charge >= 0.3 is 6.03 Å². The smallest absolute Gasteiger partial charge is 0.335 e. The fourth-order valence-electron chi connectivity index (χ4n) is 3.25. The third-order valence-corrected chi connectivity index (χ3v) is 5.30. The summed E-state index contributed by atoms with van der Waals surface area (Å²) in [5.41, 5.74) is 2.05. The van der Waals surface area contributed by atoms with E-state index in [0.29, 0.717) is 24.5 Å². The highest BCUT2D eigenvalue weighted by Gasteiger charge is 2.36. The van der Waals surface area contributed by atoms with Crippen LogP contribution in [-0.4, -0.2) is 44.1 Å². The summed E-state index contributed by atoms with van der Waals surface area (Å²) >= 11 is 3.32. The van der Waals surface area contributed by atoms with Crippen LogP contribution >= 0.6 is 15.9 Å². The Labute approximate surface area is 176 Å². The number of hydrogen-bond donors (Lipinski definition) is 1. The van der Waals surface area contributed by atoms with Crippen molar-refractivity contribution >= 4 is 51.2 Å². The molecule has 0 unspecified atom stereocenters. The van der Waals surface area contributed by atoms with E-state index in [1.165, 1.54) is 6.08 Å². The normalized spacial score (nSPS) is 18.9. The third kappa shape index (κ3) is 4.08. The third-order valence-electron chi connectivity index (χ3n) is 4.77. The summed E-state index contributed by atoms with van der Waals surface area (Å²) in [5, 5.41) is 2.23. The van der Waals surface area contributed by atoms with Gasteiger partial charge in [0.1, 0.15) is 5.57 Å². The molecule has 4 rings (SSSR count). The quantitative estimate of drug-likeness (QED) is 0.568. The fourth-order valence-corrected chi connectivity index (χ4v) is 3.52. The number of halogens is 1. The number of benzene rings is 2. The number of amides is 4. The van der Waals surface area contributed by atoms with Crippen LogP contribution in [0.3, 0.4) is 0 Å². The van der Waals surface area contributed by atoms with Gasteiger partial charge < -0.3 is 9.64 Å². The van der Waals surface area contributed by atoms with Crippen LogP contribution in [0.25, 0.3) is 6.08 Å². The number of urea groups is 1. The number of barbiturate groups is 1. The first kappa shape index (κ1) is 19.4. The molecule has 148 valence electrons. The maximum absolute atomic E-state index is 12.9. The Morgan fingerprint density at radius 2 is 1.52 bits per heavy atom. The minimum Gasteiger partial charge on any atom is -0.378 e. The predicted octanol–water partition coefficient (Wildman–Crippen LogP) is 2.95. The van der Waals surface area contributed by atoms with E-state index in [9.17, 15) is 14.4 Å². The molecule has 29 heavy (non-hydrogen) atoms. The lowest BCUT2D eigenvalue weighted by atomic mass is 10.1. The van der Waals surface area contributed by atoms with Crippen molar-refractivity contribution in [1.82, 2.24) is 5.32 Å². The minimum absolute atomic E-state index is 0.0911. The van der Waals surface area contributed by atoms with E-state index >= 15 is 0 Å². The summed E-state index contributed by atoms with van der Waals surface area (Å²) in [4.78, 5) is 40.6. The van der Waals surface area contributed by atoms with Crippen molar-refractivity contribution in [1.29, 1.82) is 0 Å². The molecule has 2 aromatic rings. The highest BCUT2D eigenvalue weighted by Crippen LogP contribution is 2.24. The molecule has 1 N–H and O–H groups in total. The number of carbonyl (C=O) groups is 3. The van der Waals surface area contributed by atoms with Crippen LogP contribution in [0.1, 0.15) is 5.56 Å². The maximum atomic E-state index is 12.9. The molecule has 7 nitrogen and oxygen atoms in total. The Morgan fingerprint density at radius 3 is 2.17 bits per heavy atom. The van der Waals surface area contributed by atoms with Gasteiger partial charge in [-0.2, -0.15) is 0 Å². The first-order valence-electron chi connectivity index (χ1n) is 9.13. The van der Waals surface area contributed by atoms with Gasteiger partial charge in [0.15, 0.2) is 0 Å². The molecule has 2 aromatic carbocycles. The number of nitrogens with zero attached hydrogens (tertiary/aromatic N) is 2. The van der Waals surface area contributed by atoms with E-state index in [2.05, 4.69) is 26.1 Å². The summed E-state index contributed by atoms with van der Waals surface area (Å²) in [6.45, 7) is 3.04. The highest BCUT2D eigenvalue weighted by molar-refractivity contribution is 9.10. The Hall–Kier alpha value is -2.97. The molecular weight excluding hydrogens is 438 g/mol. The molecule has 0 spiro atoms. The first-order valence-corrected chi connectivity index (χ1v) is 9.92. The van der Waals surface area contributed by atoms with Crippen molar-refractivity contribution in [2.24, 2.45) is 0 Å². The first-order chi connectivity index (χ1) is 14.0. The molecule has 4 amide bonds. The number of nitrogens with one attached hydrogen (secondary N) is 1. The number of imide groups is 2. The van der Waals surface area contributed by atoms with Gasteiger partial charge in [0.25, 0.3) is 11.8 Å². The molecule has 8 heteroatoms. The number of hydrogen-bond acceptors (Lipinski definition) is 5. The molecule has 2 fully saturated rings. The molecule has 0 atom stereocenters. The van der Waals surface area contributed by atoms with Crippen LogP contribution < -0.4 is 15.1 Å². The molecular formula is C21H18BrN3O4. The van der Waals surface area contributed by atoms with Crippen molar-refractivity contribution in [3.05, 3.63) is 64.1 Å². The van der Waals surface area contributed by atoms with E-state index in [4.69, 9.17) is 4.74 Å². The van der Waals surface area contributed by atoms with E-state index in [1.807, 2.05) is 24.3 Å². The van der Waals surface area contributed by atoms with Crippen molar-refractivity contribution in [2.45, 2.75) is 0 Å². The molecule has 2 heterocycles. The van der Waals surface area contributed by atoms with Gasteiger partial charge in [-0.05, 0) is 48.0 Å². The summed E-state index contributed by atoms with van der Waals surface area (Å²) in [5.74, 6) is -1.36. The van der Waals surface area contributed by atoms with Crippen molar-refractivity contribution in [3.63, 3.8) is 0 Å². The Balaban J connectivity index is 1.59. The van der Waals surface area contributed by atoms with Gasteiger partial charge in [0.2, 0.25) is 0 Å². The van der Waals surface area contributed by atoms with Crippen LogP contribution in [0.5, 0.6) is 0 Å². The van der Waals surface area contributed by atoms with Crippen molar-refractivity contribution < 1.29 is 19.1 Å². The number of morpholine rings is 1. The average Bonchev–Trinajstić information content (AvgIpc) is 2.73. The second-order valence-corrected chi connectivity index (χ2v) is 7.54. The monoisotopic (exact) mass is 455 g/mol. The van der Waals surface area contributed by atoms with E-state index in [1.54, 1.807) is 24.3 Å². The average molecular weight is 456 g/mol. The molecule has 2 saturated heterocycles. The lowest BCUT2D eigenvalue weighted by molar-refractivity contribution is -0.122. The van der Waals surface area contributed by atoms with Gasteiger partial charge in [-0.1, -0.05) is 28.1 Å². The number of ether oxygens (including phenoxy) is 1. The Morgan fingerprint density at radius 1 is 0.897 bits per heavy atom. The van der Waals surface area contributed by atoms with Crippen LogP contribution in [0.4, 0.5) is 16.2 Å². The minimum atomic E-state index is -0.762. The molecule has 2 aliphatic heterocycles. The number of rotatable bonds is 3. The standard InChI is InChI=1S/C21H18BrN3O4/c22-15-3-7-17(8-4-15)25-20(27)18(19(26)23-21(25)28)13-14-1-5-16(6-2-14)24-9-11-29-12-10-24/h1-8,13H,9-12H2,(H,23,26,28)/b18-13+. The molecule has 0 bridgehead atoms. The van der Waals surface area contributed by atoms with Gasteiger partial charge in [0.05, 0.1) is 18.9 Å². The number of carbonyl (C=O) groups excluding carboxylic acids is 3. The molecule has 0 aliphatic carbocycles. The second kappa shape index (κ2) is 8.18. The maximum Gasteiger partial charge on any atom is 0.335 e. The lowest BCUT2D eigenvalue weighted by Crippen LogP contribution is -2.54. The van der Waals surface area contributed by atoms with Crippen LogP contribution in [-0.2, 0) is 14.3 Å². The lowest BCUT2D eigenvalue weighted by Gasteiger charge is -2.29. The van der Waals surface area contributed by atoms with Crippen LogP contribution in [0, 0.1) is 0 Å². The Bertz CT molecular complexity index is 980. The van der Waals surface area contributed by atoms with Crippen molar-refractivity contribution in [2.75, 3.05) is 36.1 Å². The van der Waals surface area contributed by atoms with E-state index in [0.717, 1.165) is 28.1 Å². The van der Waals surface area contributed by atoms with E-state index in [-0.39, 0.29) is 5.57 Å². The topological polar surface area (TPSA) is 79.0 Å². The molecule has 0 saturated carbocycles. The molecule has 2 aliphatic rings. The fraction of sp³-hybridized carbons (Fsp3) is 0.190. The number of anilines is 2. The summed E-state index contributed by atoms with van der Waals surface area (Å²) in [6, 6.07) is 13.5. The van der Waals surface area contributed by atoms with Crippen molar-refractivity contribution in [3.8, 4) is 0 Å². The van der Waals surface area contributed by atoms with Crippen LogP contribution in [0.2, 0.25) is 0 Å². The molecule has 0 aromatic heterocycles. The van der Waals surface area contributed by atoms with Crippen LogP contribution in [0.15, 0.2) is 58.6 Å².